The van der Waals surface area contributed by atoms with Gasteiger partial charge in [0.15, 0.2) is 0 Å². The van der Waals surface area contributed by atoms with Gasteiger partial charge in [0, 0.05) is 0 Å². The molecule has 0 aliphatic heterocycles. The Kier molecular flexibility index (Phi) is 7.81. The Labute approximate surface area is 185 Å². The van der Waals surface area contributed by atoms with Crippen molar-refractivity contribution in [2.75, 3.05) is 0 Å². The number of hydrogen-bond donors (Lipinski definition) is 0. The van der Waals surface area contributed by atoms with Gasteiger partial charge in [-0.2, -0.15) is 4.57 Å². The van der Waals surface area contributed by atoms with Crippen LogP contribution in [0.4, 0.5) is 0 Å². The minimum Gasteiger partial charge on any atom is -0.386 e. The average molecular weight is 439 g/mol. The number of phosphoric ester groups is 1. The fraction of sp³-hybridized carbons (Fsp3) is 0.308. The fourth-order valence-corrected chi connectivity index (χ4v) is 4.65. The van der Waals surface area contributed by atoms with Crippen molar-refractivity contribution in [3.05, 3.63) is 90.0 Å². The Hall–Kier alpha value is -2.71. The standard InChI is InChI=1S/C26H31O4P/c1-20(2)18-22-12-11-17-26(25(22)19-21(3)4)30-31(27,28-23-13-7-5-8-14-23)29-24-15-9-6-10-16-24/h5-17,20-21H,18-19H2,1-4H3. The molecule has 164 valence electrons. The molecule has 0 unspecified atom stereocenters. The highest BCUT2D eigenvalue weighted by atomic mass is 31.2. The van der Waals surface area contributed by atoms with Gasteiger partial charge in [0.25, 0.3) is 0 Å². The second-order valence-electron chi connectivity index (χ2n) is 8.44. The van der Waals surface area contributed by atoms with Gasteiger partial charge in [-0.05, 0) is 66.1 Å². The van der Waals surface area contributed by atoms with Crippen molar-refractivity contribution < 1.29 is 18.1 Å². The number of hydrogen-bond acceptors (Lipinski definition) is 4. The molecule has 3 aromatic rings. The quantitative estimate of drug-likeness (QED) is 0.304. The third kappa shape index (κ3) is 6.90. The highest BCUT2D eigenvalue weighted by Crippen LogP contribution is 2.50. The third-order valence-corrected chi connectivity index (χ3v) is 5.89. The molecule has 0 aliphatic rings. The van der Waals surface area contributed by atoms with E-state index >= 15 is 0 Å². The summed E-state index contributed by atoms with van der Waals surface area (Å²) in [5.41, 5.74) is 2.26. The van der Waals surface area contributed by atoms with Crippen LogP contribution in [0.5, 0.6) is 17.2 Å². The predicted octanol–water partition coefficient (Wildman–Crippen LogP) is 7.73. The molecule has 4 nitrogen and oxygen atoms in total. The second-order valence-corrected chi connectivity index (χ2v) is 9.88. The molecular weight excluding hydrogens is 407 g/mol. The van der Waals surface area contributed by atoms with Crippen molar-refractivity contribution in [1.29, 1.82) is 0 Å². The zero-order valence-corrected chi connectivity index (χ0v) is 19.5. The zero-order chi connectivity index (χ0) is 22.3. The summed E-state index contributed by atoms with van der Waals surface area (Å²) in [4.78, 5) is 0. The molecule has 0 saturated carbocycles. The van der Waals surface area contributed by atoms with Gasteiger partial charge in [-0.3, -0.25) is 0 Å². The second kappa shape index (κ2) is 10.5. The molecule has 5 heteroatoms. The van der Waals surface area contributed by atoms with Crippen LogP contribution in [-0.4, -0.2) is 0 Å². The Morgan fingerprint density at radius 2 is 1.16 bits per heavy atom. The molecule has 0 atom stereocenters. The molecule has 0 aromatic heterocycles. The van der Waals surface area contributed by atoms with Crippen LogP contribution in [0.25, 0.3) is 0 Å². The van der Waals surface area contributed by atoms with Crippen molar-refractivity contribution >= 4 is 7.82 Å². The van der Waals surface area contributed by atoms with E-state index in [4.69, 9.17) is 13.6 Å². The number of phosphoric acid groups is 1. The van der Waals surface area contributed by atoms with E-state index in [2.05, 4.69) is 33.8 Å². The molecule has 0 aliphatic carbocycles. The normalized spacial score (nSPS) is 11.5. The first-order chi connectivity index (χ1) is 14.8. The summed E-state index contributed by atoms with van der Waals surface area (Å²) >= 11 is 0. The smallest absolute Gasteiger partial charge is 0.386 e. The van der Waals surface area contributed by atoms with Gasteiger partial charge in [0.2, 0.25) is 0 Å². The molecule has 0 heterocycles. The topological polar surface area (TPSA) is 44.8 Å². The molecule has 0 amide bonds. The molecular formula is C26H31O4P. The Balaban J connectivity index is 1.99. The molecule has 3 rings (SSSR count). The van der Waals surface area contributed by atoms with E-state index in [1.807, 2.05) is 48.5 Å². The van der Waals surface area contributed by atoms with Crippen LogP contribution < -0.4 is 13.6 Å². The van der Waals surface area contributed by atoms with E-state index < -0.39 is 7.82 Å². The lowest BCUT2D eigenvalue weighted by Crippen LogP contribution is -2.11. The van der Waals surface area contributed by atoms with E-state index in [9.17, 15) is 4.57 Å². The number of para-hydroxylation sites is 2. The number of benzene rings is 3. The van der Waals surface area contributed by atoms with E-state index in [0.29, 0.717) is 29.1 Å². The lowest BCUT2D eigenvalue weighted by Gasteiger charge is -2.23. The summed E-state index contributed by atoms with van der Waals surface area (Å²) < 4.78 is 31.5. The summed E-state index contributed by atoms with van der Waals surface area (Å²) in [5.74, 6) is 2.30. The Bertz CT molecular complexity index is 955. The van der Waals surface area contributed by atoms with Crippen molar-refractivity contribution in [1.82, 2.24) is 0 Å². The first-order valence-corrected chi connectivity index (χ1v) is 12.2. The van der Waals surface area contributed by atoms with Crippen LogP contribution >= 0.6 is 7.82 Å². The summed E-state index contributed by atoms with van der Waals surface area (Å²) in [6, 6.07) is 23.8. The van der Waals surface area contributed by atoms with E-state index in [1.165, 1.54) is 5.56 Å². The van der Waals surface area contributed by atoms with Crippen LogP contribution in [0, 0.1) is 11.8 Å². The molecule has 0 saturated heterocycles. The first-order valence-electron chi connectivity index (χ1n) is 10.7. The fourth-order valence-electron chi connectivity index (χ4n) is 3.36. The predicted molar refractivity (Wildman–Crippen MR) is 126 cm³/mol. The van der Waals surface area contributed by atoms with Gasteiger partial charge < -0.3 is 13.6 Å². The highest BCUT2D eigenvalue weighted by Gasteiger charge is 2.34. The van der Waals surface area contributed by atoms with Crippen LogP contribution in [0.2, 0.25) is 0 Å². The first kappa shape index (κ1) is 23.0. The minimum absolute atomic E-state index is 0.417. The van der Waals surface area contributed by atoms with E-state index in [1.54, 1.807) is 24.3 Å². The molecule has 0 radical (unpaired) electrons. The van der Waals surface area contributed by atoms with Gasteiger partial charge >= 0.3 is 7.82 Å². The van der Waals surface area contributed by atoms with Gasteiger partial charge in [0.05, 0.1) is 0 Å². The van der Waals surface area contributed by atoms with E-state index in [0.717, 1.165) is 18.4 Å². The molecule has 0 fully saturated rings. The highest BCUT2D eigenvalue weighted by molar-refractivity contribution is 7.49. The Morgan fingerprint density at radius 1 is 0.645 bits per heavy atom. The summed E-state index contributed by atoms with van der Waals surface area (Å²) in [5, 5.41) is 0. The largest absolute Gasteiger partial charge is 0.647 e. The van der Waals surface area contributed by atoms with Gasteiger partial charge in [0.1, 0.15) is 17.2 Å². The van der Waals surface area contributed by atoms with Crippen LogP contribution in [0.15, 0.2) is 78.9 Å². The van der Waals surface area contributed by atoms with Crippen molar-refractivity contribution in [2.24, 2.45) is 11.8 Å². The molecule has 31 heavy (non-hydrogen) atoms. The van der Waals surface area contributed by atoms with Gasteiger partial charge in [-0.1, -0.05) is 76.2 Å². The lowest BCUT2D eigenvalue weighted by molar-refractivity contribution is 0.297. The lowest BCUT2D eigenvalue weighted by atomic mass is 9.92. The zero-order valence-electron chi connectivity index (χ0n) is 18.7. The summed E-state index contributed by atoms with van der Waals surface area (Å²) in [6.45, 7) is 8.70. The maximum Gasteiger partial charge on any atom is 0.647 e. The van der Waals surface area contributed by atoms with E-state index in [-0.39, 0.29) is 0 Å². The maximum absolute atomic E-state index is 13.8. The van der Waals surface area contributed by atoms with Crippen molar-refractivity contribution in [2.45, 2.75) is 40.5 Å². The van der Waals surface area contributed by atoms with Crippen molar-refractivity contribution in [3.63, 3.8) is 0 Å². The monoisotopic (exact) mass is 438 g/mol. The Morgan fingerprint density at radius 3 is 1.65 bits per heavy atom. The van der Waals surface area contributed by atoms with Gasteiger partial charge in [-0.25, -0.2) is 0 Å². The SMILES string of the molecule is CC(C)Cc1cccc(OP(=O)(Oc2ccccc2)Oc2ccccc2)c1CC(C)C. The van der Waals surface area contributed by atoms with Crippen molar-refractivity contribution in [3.8, 4) is 17.2 Å². The van der Waals surface area contributed by atoms with Crippen LogP contribution in [-0.2, 0) is 17.4 Å². The number of rotatable bonds is 10. The maximum atomic E-state index is 13.8. The molecule has 0 spiro atoms. The van der Waals surface area contributed by atoms with Gasteiger partial charge in [-0.15, -0.1) is 0 Å². The minimum atomic E-state index is -4.01. The van der Waals surface area contributed by atoms with Crippen LogP contribution in [0.3, 0.4) is 0 Å². The summed E-state index contributed by atoms with van der Waals surface area (Å²) in [7, 11) is -4.01. The molecule has 0 bridgehead atoms. The van der Waals surface area contributed by atoms with Crippen LogP contribution in [0.1, 0.15) is 38.8 Å². The molecule has 3 aromatic carbocycles. The molecule has 0 N–H and O–H groups in total. The average Bonchev–Trinajstić information content (AvgIpc) is 2.71. The summed E-state index contributed by atoms with van der Waals surface area (Å²) in [6.07, 6.45) is 1.73. The third-order valence-electron chi connectivity index (χ3n) is 4.60.